The van der Waals surface area contributed by atoms with Gasteiger partial charge in [-0.25, -0.2) is 0 Å². The van der Waals surface area contributed by atoms with E-state index in [4.69, 9.17) is 0 Å². The fourth-order valence-corrected chi connectivity index (χ4v) is 3.35. The Hall–Kier alpha value is -2.67. The topological polar surface area (TPSA) is 97.5 Å². The molecule has 6 nitrogen and oxygen atoms in total. The Labute approximate surface area is 149 Å². The maximum absolute atomic E-state index is 11.8. The van der Waals surface area contributed by atoms with Crippen molar-refractivity contribution in [1.29, 1.82) is 0 Å². The van der Waals surface area contributed by atoms with Gasteiger partial charge in [0.2, 0.25) is 0 Å². The molecule has 1 atom stereocenters. The Balaban J connectivity index is 2.31. The van der Waals surface area contributed by atoms with Crippen LogP contribution in [0.15, 0.2) is 48.5 Å². The molecule has 0 amide bonds. The quantitative estimate of drug-likeness (QED) is 0.579. The first kappa shape index (κ1) is 18.7. The number of thioether (sulfide) groups is 1. The summed E-state index contributed by atoms with van der Waals surface area (Å²) < 4.78 is 0. The Kier molecular flexibility index (Phi) is 6.30. The number of para-hydroxylation sites is 1. The van der Waals surface area contributed by atoms with Crippen LogP contribution in [0.1, 0.15) is 30.6 Å². The van der Waals surface area contributed by atoms with Gasteiger partial charge in [0.1, 0.15) is 5.25 Å². The van der Waals surface area contributed by atoms with Crippen molar-refractivity contribution in [3.05, 3.63) is 64.2 Å². The summed E-state index contributed by atoms with van der Waals surface area (Å²) >= 11 is 0.794. The van der Waals surface area contributed by atoms with Crippen molar-refractivity contribution in [2.45, 2.75) is 25.0 Å². The maximum atomic E-state index is 11.8. The van der Waals surface area contributed by atoms with Gasteiger partial charge in [0, 0.05) is 12.5 Å². The predicted octanol–water partition coefficient (Wildman–Crippen LogP) is 4.45. The van der Waals surface area contributed by atoms with Gasteiger partial charge in [0.05, 0.1) is 10.5 Å². The first-order valence-corrected chi connectivity index (χ1v) is 8.58. The number of nitro benzene ring substituents is 1. The number of carbonyl (C=O) groups excluding carboxylic acids is 1. The summed E-state index contributed by atoms with van der Waals surface area (Å²) in [6, 6.07) is 12.8. The van der Waals surface area contributed by atoms with Gasteiger partial charge in [-0.2, -0.15) is 0 Å². The number of aliphatic carboxylic acids is 1. The molecular formula is C18H17NO5S. The Morgan fingerprint density at radius 3 is 2.36 bits per heavy atom. The highest BCUT2D eigenvalue weighted by Gasteiger charge is 2.24. The second-order valence-electron chi connectivity index (χ2n) is 5.35. The third kappa shape index (κ3) is 4.67. The molecule has 0 spiro atoms. The molecular weight excluding hydrogens is 342 g/mol. The SMILES string of the molecule is CCCC(=O)SC(C(=O)O)c1ccc(-c2ccccc2[N+](=O)[O-])cc1. The van der Waals surface area contributed by atoms with Crippen LogP contribution in [0, 0.1) is 10.1 Å². The zero-order chi connectivity index (χ0) is 18.4. The molecule has 0 heterocycles. The number of carboxylic acids is 1. The fraction of sp³-hybridized carbons (Fsp3) is 0.222. The normalized spacial score (nSPS) is 11.7. The summed E-state index contributed by atoms with van der Waals surface area (Å²) in [4.78, 5) is 33.9. The molecule has 1 N–H and O–H groups in total. The molecule has 0 radical (unpaired) electrons. The molecule has 0 aliphatic carbocycles. The Morgan fingerprint density at radius 2 is 1.80 bits per heavy atom. The van der Waals surface area contributed by atoms with E-state index in [9.17, 15) is 24.8 Å². The van der Waals surface area contributed by atoms with E-state index in [1.807, 2.05) is 6.92 Å². The molecule has 0 aliphatic rings. The van der Waals surface area contributed by atoms with Gasteiger partial charge in [-0.15, -0.1) is 0 Å². The second-order valence-corrected chi connectivity index (χ2v) is 6.52. The highest BCUT2D eigenvalue weighted by Crippen LogP contribution is 2.34. The van der Waals surface area contributed by atoms with Gasteiger partial charge in [-0.05, 0) is 23.6 Å². The van der Waals surface area contributed by atoms with E-state index < -0.39 is 16.1 Å². The smallest absolute Gasteiger partial charge is 0.321 e. The summed E-state index contributed by atoms with van der Waals surface area (Å²) in [6.07, 6.45) is 0.984. The van der Waals surface area contributed by atoms with Gasteiger partial charge in [-0.1, -0.05) is 55.1 Å². The maximum Gasteiger partial charge on any atom is 0.321 e. The molecule has 2 aromatic rings. The molecule has 2 aromatic carbocycles. The number of benzene rings is 2. The summed E-state index contributed by atoms with van der Waals surface area (Å²) in [5.41, 5.74) is 1.53. The minimum absolute atomic E-state index is 0.0162. The van der Waals surface area contributed by atoms with E-state index >= 15 is 0 Å². The zero-order valence-electron chi connectivity index (χ0n) is 13.5. The van der Waals surface area contributed by atoms with Crippen LogP contribution in [-0.2, 0) is 9.59 Å². The molecule has 0 bridgehead atoms. The lowest BCUT2D eigenvalue weighted by atomic mass is 10.0. The molecule has 2 rings (SSSR count). The molecule has 0 fully saturated rings. The van der Waals surface area contributed by atoms with Crippen LogP contribution in [0.4, 0.5) is 5.69 Å². The molecule has 0 aliphatic heterocycles. The number of rotatable bonds is 7. The molecule has 0 saturated carbocycles. The zero-order valence-corrected chi connectivity index (χ0v) is 14.4. The molecule has 0 aromatic heterocycles. The fourth-order valence-electron chi connectivity index (χ4n) is 2.37. The van der Waals surface area contributed by atoms with Crippen molar-refractivity contribution in [2.24, 2.45) is 0 Å². The lowest BCUT2D eigenvalue weighted by Crippen LogP contribution is -2.10. The average Bonchev–Trinajstić information content (AvgIpc) is 2.60. The molecule has 130 valence electrons. The summed E-state index contributed by atoms with van der Waals surface area (Å²) in [5.74, 6) is -1.09. The number of nitrogens with zero attached hydrogens (tertiary/aromatic N) is 1. The van der Waals surface area contributed by atoms with Gasteiger partial charge in [0.15, 0.2) is 5.12 Å². The number of hydrogen-bond acceptors (Lipinski definition) is 5. The standard InChI is InChI=1S/C18H17NO5S/c1-2-5-16(20)25-17(18(21)22)13-10-8-12(9-11-13)14-6-3-4-7-15(14)19(23)24/h3-4,6-11,17H,2,5H2,1H3,(H,21,22). The third-order valence-electron chi connectivity index (χ3n) is 3.55. The van der Waals surface area contributed by atoms with Gasteiger partial charge in [-0.3, -0.25) is 19.7 Å². The van der Waals surface area contributed by atoms with Gasteiger partial charge < -0.3 is 5.11 Å². The van der Waals surface area contributed by atoms with E-state index in [2.05, 4.69) is 0 Å². The van der Waals surface area contributed by atoms with Crippen molar-refractivity contribution in [1.82, 2.24) is 0 Å². The van der Waals surface area contributed by atoms with E-state index in [0.29, 0.717) is 29.5 Å². The number of carbonyl (C=O) groups is 2. The van der Waals surface area contributed by atoms with Crippen molar-refractivity contribution >= 4 is 28.5 Å². The monoisotopic (exact) mass is 359 g/mol. The minimum atomic E-state index is -1.09. The number of carboxylic acid groups (broad SMARTS) is 1. The average molecular weight is 359 g/mol. The highest BCUT2D eigenvalue weighted by molar-refractivity contribution is 8.14. The van der Waals surface area contributed by atoms with Gasteiger partial charge >= 0.3 is 5.97 Å². The van der Waals surface area contributed by atoms with Crippen LogP contribution in [0.25, 0.3) is 11.1 Å². The van der Waals surface area contributed by atoms with Crippen LogP contribution in [0.5, 0.6) is 0 Å². The predicted molar refractivity (Wildman–Crippen MR) is 96.4 cm³/mol. The van der Waals surface area contributed by atoms with Crippen LogP contribution in [-0.4, -0.2) is 21.1 Å². The summed E-state index contributed by atoms with van der Waals surface area (Å²) in [6.45, 7) is 1.86. The lowest BCUT2D eigenvalue weighted by Gasteiger charge is -2.12. The minimum Gasteiger partial charge on any atom is -0.480 e. The molecule has 0 saturated heterocycles. The van der Waals surface area contributed by atoms with Crippen molar-refractivity contribution < 1.29 is 19.6 Å². The van der Waals surface area contributed by atoms with Crippen LogP contribution >= 0.6 is 11.8 Å². The van der Waals surface area contributed by atoms with Crippen LogP contribution < -0.4 is 0 Å². The lowest BCUT2D eigenvalue weighted by molar-refractivity contribution is -0.384. The summed E-state index contributed by atoms with van der Waals surface area (Å²) in [7, 11) is 0. The molecule has 1 unspecified atom stereocenters. The van der Waals surface area contributed by atoms with E-state index in [1.54, 1.807) is 42.5 Å². The van der Waals surface area contributed by atoms with Crippen molar-refractivity contribution in [2.75, 3.05) is 0 Å². The van der Waals surface area contributed by atoms with E-state index in [-0.39, 0.29) is 10.8 Å². The molecule has 25 heavy (non-hydrogen) atoms. The highest BCUT2D eigenvalue weighted by atomic mass is 32.2. The molecule has 7 heteroatoms. The van der Waals surface area contributed by atoms with Crippen molar-refractivity contribution in [3.63, 3.8) is 0 Å². The Morgan fingerprint density at radius 1 is 1.16 bits per heavy atom. The third-order valence-corrected chi connectivity index (χ3v) is 4.73. The van der Waals surface area contributed by atoms with Gasteiger partial charge in [0.25, 0.3) is 5.69 Å². The second kappa shape index (κ2) is 8.43. The van der Waals surface area contributed by atoms with E-state index in [0.717, 1.165) is 11.8 Å². The first-order chi connectivity index (χ1) is 11.9. The number of nitro groups is 1. The number of hydrogen-bond donors (Lipinski definition) is 1. The van der Waals surface area contributed by atoms with Crippen LogP contribution in [0.2, 0.25) is 0 Å². The van der Waals surface area contributed by atoms with Crippen LogP contribution in [0.3, 0.4) is 0 Å². The van der Waals surface area contributed by atoms with E-state index in [1.165, 1.54) is 6.07 Å². The first-order valence-electron chi connectivity index (χ1n) is 7.70. The largest absolute Gasteiger partial charge is 0.480 e. The summed E-state index contributed by atoms with van der Waals surface area (Å²) in [5, 5.41) is 19.4. The Bertz CT molecular complexity index is 788. The van der Waals surface area contributed by atoms with Crippen molar-refractivity contribution in [3.8, 4) is 11.1 Å².